The fourth-order valence-corrected chi connectivity index (χ4v) is 5.41. The Bertz CT molecular complexity index is 1350. The smallest absolute Gasteiger partial charge is 0.185 e. The first-order valence-corrected chi connectivity index (χ1v) is 10.9. The molecule has 2 aromatic carbocycles. The number of aromatic nitrogens is 1. The van der Waals surface area contributed by atoms with Crippen LogP contribution in [0.4, 0.5) is 5.69 Å². The molecule has 33 heavy (non-hydrogen) atoms. The molecule has 0 spiro atoms. The monoisotopic (exact) mass is 430 g/mol. The minimum Gasteiger partial charge on any atom is -0.349 e. The third kappa shape index (κ3) is 2.97. The van der Waals surface area contributed by atoms with Crippen molar-refractivity contribution in [3.05, 3.63) is 101 Å². The molecule has 5 rings (SSSR count). The van der Waals surface area contributed by atoms with Gasteiger partial charge < -0.3 is 4.90 Å². The molecular weight excluding hydrogens is 408 g/mol. The molecule has 0 radical (unpaired) electrons. The summed E-state index contributed by atoms with van der Waals surface area (Å²) in [6, 6.07) is 22.2. The lowest BCUT2D eigenvalue weighted by atomic mass is 9.68. The minimum atomic E-state index is -1.45. The largest absolute Gasteiger partial charge is 0.349 e. The number of hydrogen-bond acceptors (Lipinski definition) is 5. The molecule has 3 atom stereocenters. The molecule has 0 amide bonds. The summed E-state index contributed by atoms with van der Waals surface area (Å²) in [7, 11) is 0. The summed E-state index contributed by atoms with van der Waals surface area (Å²) in [5.74, 6) is -0.746. The third-order valence-corrected chi connectivity index (χ3v) is 6.86. The standard InChI is InChI=1S/C28H22N4O/c1-18-10-11-21(19(2)15-18)25-26(27(33)20-7-4-3-5-8-20)32-23-9-6-14-31-22(23)12-13-24(32)28(25,16-29)17-30/h3-15,24-26H,1-2H3/t24-,25-,26+/m1/s1. The van der Waals surface area contributed by atoms with Gasteiger partial charge in [0.05, 0.1) is 29.6 Å². The Kier molecular flexibility index (Phi) is 4.84. The van der Waals surface area contributed by atoms with Gasteiger partial charge in [0.25, 0.3) is 0 Å². The number of Topliss-reactive ketones (excluding diaryl/α,β-unsaturated/α-hetero) is 1. The predicted molar refractivity (Wildman–Crippen MR) is 126 cm³/mol. The van der Waals surface area contributed by atoms with E-state index in [-0.39, 0.29) is 5.78 Å². The zero-order chi connectivity index (χ0) is 23.2. The molecule has 3 aromatic rings. The van der Waals surface area contributed by atoms with Crippen molar-refractivity contribution in [2.45, 2.75) is 31.8 Å². The van der Waals surface area contributed by atoms with E-state index in [1.54, 1.807) is 18.3 Å². The molecule has 5 nitrogen and oxygen atoms in total. The van der Waals surface area contributed by atoms with Crippen LogP contribution >= 0.6 is 0 Å². The summed E-state index contributed by atoms with van der Waals surface area (Å²) in [6.45, 7) is 3.99. The van der Waals surface area contributed by atoms with E-state index in [1.165, 1.54) is 0 Å². The van der Waals surface area contributed by atoms with E-state index in [1.807, 2.05) is 79.4 Å². The Balaban J connectivity index is 1.81. The maximum atomic E-state index is 14.1. The van der Waals surface area contributed by atoms with Crippen molar-refractivity contribution in [1.29, 1.82) is 10.5 Å². The zero-order valence-corrected chi connectivity index (χ0v) is 18.4. The lowest BCUT2D eigenvalue weighted by molar-refractivity contribution is 0.0951. The van der Waals surface area contributed by atoms with Gasteiger partial charge in [-0.3, -0.25) is 9.78 Å². The topological polar surface area (TPSA) is 80.8 Å². The number of carbonyl (C=O) groups excluding carboxylic acids is 1. The van der Waals surface area contributed by atoms with E-state index < -0.39 is 23.4 Å². The van der Waals surface area contributed by atoms with Crippen molar-refractivity contribution in [1.82, 2.24) is 4.98 Å². The second-order valence-electron chi connectivity index (χ2n) is 8.72. The Morgan fingerprint density at radius 1 is 1.03 bits per heavy atom. The van der Waals surface area contributed by atoms with Crippen molar-refractivity contribution in [3.8, 4) is 12.1 Å². The zero-order valence-electron chi connectivity index (χ0n) is 18.4. The predicted octanol–water partition coefficient (Wildman–Crippen LogP) is 4.98. The van der Waals surface area contributed by atoms with Crippen LogP contribution < -0.4 is 4.90 Å². The number of anilines is 1. The maximum Gasteiger partial charge on any atom is 0.185 e. The lowest BCUT2D eigenvalue weighted by Gasteiger charge is -2.34. The summed E-state index contributed by atoms with van der Waals surface area (Å²) in [5, 5.41) is 21.0. The van der Waals surface area contributed by atoms with E-state index in [0.29, 0.717) is 5.56 Å². The van der Waals surface area contributed by atoms with Crippen LogP contribution in [0.3, 0.4) is 0 Å². The van der Waals surface area contributed by atoms with E-state index in [0.717, 1.165) is 28.1 Å². The Labute approximate surface area is 193 Å². The van der Waals surface area contributed by atoms with E-state index in [2.05, 4.69) is 17.1 Å². The summed E-state index contributed by atoms with van der Waals surface area (Å²) in [4.78, 5) is 20.5. The highest BCUT2D eigenvalue weighted by molar-refractivity contribution is 6.04. The van der Waals surface area contributed by atoms with Crippen molar-refractivity contribution in [3.63, 3.8) is 0 Å². The van der Waals surface area contributed by atoms with Crippen LogP contribution in [0.15, 0.2) is 72.9 Å². The van der Waals surface area contributed by atoms with Gasteiger partial charge in [-0.25, -0.2) is 0 Å². The van der Waals surface area contributed by atoms with Gasteiger partial charge in [0, 0.05) is 17.7 Å². The van der Waals surface area contributed by atoms with E-state index >= 15 is 0 Å². The van der Waals surface area contributed by atoms with Gasteiger partial charge in [0.1, 0.15) is 6.04 Å². The molecule has 0 aliphatic carbocycles. The average molecular weight is 431 g/mol. The molecule has 2 aliphatic rings. The number of aryl methyl sites for hydroxylation is 2. The van der Waals surface area contributed by atoms with Gasteiger partial charge in [-0.05, 0) is 43.2 Å². The van der Waals surface area contributed by atoms with Gasteiger partial charge in [0.15, 0.2) is 11.2 Å². The highest BCUT2D eigenvalue weighted by Gasteiger charge is 2.63. The molecule has 5 heteroatoms. The van der Waals surface area contributed by atoms with Gasteiger partial charge in [-0.15, -0.1) is 0 Å². The fourth-order valence-electron chi connectivity index (χ4n) is 5.41. The molecule has 0 bridgehead atoms. The minimum absolute atomic E-state index is 0.108. The number of ketones is 1. The van der Waals surface area contributed by atoms with Gasteiger partial charge >= 0.3 is 0 Å². The summed E-state index contributed by atoms with van der Waals surface area (Å²) < 4.78 is 0. The number of benzene rings is 2. The Morgan fingerprint density at radius 2 is 1.79 bits per heavy atom. The van der Waals surface area contributed by atoms with Gasteiger partial charge in [-0.1, -0.05) is 60.2 Å². The first-order chi connectivity index (χ1) is 16.0. The van der Waals surface area contributed by atoms with Gasteiger partial charge in [0.2, 0.25) is 0 Å². The maximum absolute atomic E-state index is 14.1. The molecule has 1 aromatic heterocycles. The molecule has 0 saturated carbocycles. The SMILES string of the molecule is Cc1ccc([C@@H]2[C@@H](C(=O)c3ccccc3)N3c4cccnc4C=C[C@@H]3C2(C#N)C#N)c(C)c1. The van der Waals surface area contributed by atoms with Crippen LogP contribution in [-0.2, 0) is 0 Å². The summed E-state index contributed by atoms with van der Waals surface area (Å²) in [5.41, 5.74) is 3.52. The molecule has 2 aliphatic heterocycles. The highest BCUT2D eigenvalue weighted by atomic mass is 16.1. The number of pyridine rings is 1. The third-order valence-electron chi connectivity index (χ3n) is 6.86. The van der Waals surface area contributed by atoms with Crippen molar-refractivity contribution < 1.29 is 4.79 Å². The van der Waals surface area contributed by atoms with Crippen molar-refractivity contribution >= 4 is 17.5 Å². The Morgan fingerprint density at radius 3 is 2.48 bits per heavy atom. The summed E-state index contributed by atoms with van der Waals surface area (Å²) in [6.07, 6.45) is 5.42. The molecule has 160 valence electrons. The molecule has 0 unspecified atom stereocenters. The van der Waals surface area contributed by atoms with Crippen molar-refractivity contribution in [2.24, 2.45) is 5.41 Å². The van der Waals surface area contributed by atoms with Crippen LogP contribution in [0.1, 0.15) is 38.7 Å². The highest BCUT2D eigenvalue weighted by Crippen LogP contribution is 2.55. The lowest BCUT2D eigenvalue weighted by Crippen LogP contribution is -2.44. The number of nitrogens with zero attached hydrogens (tertiary/aromatic N) is 4. The molecule has 3 heterocycles. The van der Waals surface area contributed by atoms with Crippen LogP contribution in [0.5, 0.6) is 0 Å². The average Bonchev–Trinajstić information content (AvgIpc) is 3.15. The fraction of sp³-hybridized carbons (Fsp3) is 0.214. The first kappa shape index (κ1) is 20.7. The van der Waals surface area contributed by atoms with Crippen LogP contribution in [-0.4, -0.2) is 22.9 Å². The van der Waals surface area contributed by atoms with Crippen LogP contribution in [0, 0.1) is 41.9 Å². The van der Waals surface area contributed by atoms with E-state index in [4.69, 9.17) is 0 Å². The molecule has 0 N–H and O–H groups in total. The quantitative estimate of drug-likeness (QED) is 0.547. The number of hydrogen-bond donors (Lipinski definition) is 0. The number of carbonyl (C=O) groups is 1. The molecule has 1 fully saturated rings. The summed E-state index contributed by atoms with van der Waals surface area (Å²) >= 11 is 0. The number of nitriles is 2. The Hall–Kier alpha value is -4.22. The number of rotatable bonds is 3. The van der Waals surface area contributed by atoms with Crippen LogP contribution in [0.2, 0.25) is 0 Å². The molecule has 1 saturated heterocycles. The van der Waals surface area contributed by atoms with E-state index in [9.17, 15) is 15.3 Å². The van der Waals surface area contributed by atoms with Gasteiger partial charge in [-0.2, -0.15) is 10.5 Å². The molecular formula is C28H22N4O. The van der Waals surface area contributed by atoms with Crippen LogP contribution in [0.25, 0.3) is 6.08 Å². The number of fused-ring (bicyclic) bond motifs is 3. The second-order valence-corrected chi connectivity index (χ2v) is 8.72. The first-order valence-electron chi connectivity index (χ1n) is 10.9. The normalized spacial score (nSPS) is 22.1. The second kappa shape index (κ2) is 7.73. The van der Waals surface area contributed by atoms with Crippen molar-refractivity contribution in [2.75, 3.05) is 4.90 Å².